The standard InChI is InChI=1S/C18H33N3O2/c1-4-17(22)14-20-11-9-19(10-12-20)13-16-5-7-21(8-6-16)18(23)15(2)3/h15-16H,4-14H2,1-3H3. The molecule has 0 unspecified atom stereocenters. The van der Waals surface area contributed by atoms with Crippen molar-refractivity contribution in [2.24, 2.45) is 11.8 Å². The van der Waals surface area contributed by atoms with Gasteiger partial charge in [-0.3, -0.25) is 14.5 Å². The van der Waals surface area contributed by atoms with Gasteiger partial charge in [-0.25, -0.2) is 0 Å². The van der Waals surface area contributed by atoms with E-state index in [0.29, 0.717) is 24.7 Å². The third-order valence-corrected chi connectivity index (χ3v) is 5.20. The second-order valence-corrected chi connectivity index (χ2v) is 7.39. The summed E-state index contributed by atoms with van der Waals surface area (Å²) in [5.74, 6) is 1.48. The average molecular weight is 323 g/mol. The average Bonchev–Trinajstić information content (AvgIpc) is 2.56. The fourth-order valence-electron chi connectivity index (χ4n) is 3.56. The molecule has 0 bridgehead atoms. The molecule has 0 atom stereocenters. The predicted octanol–water partition coefficient (Wildman–Crippen LogP) is 1.48. The van der Waals surface area contributed by atoms with Gasteiger partial charge in [0.05, 0.1) is 6.54 Å². The minimum Gasteiger partial charge on any atom is -0.342 e. The maximum absolute atomic E-state index is 12.0. The Balaban J connectivity index is 1.66. The third kappa shape index (κ3) is 5.57. The molecule has 5 nitrogen and oxygen atoms in total. The number of amides is 1. The fraction of sp³-hybridized carbons (Fsp3) is 0.889. The van der Waals surface area contributed by atoms with Gasteiger partial charge in [0.25, 0.3) is 0 Å². The number of carbonyl (C=O) groups is 2. The summed E-state index contributed by atoms with van der Waals surface area (Å²) in [4.78, 5) is 30.4. The van der Waals surface area contributed by atoms with Crippen LogP contribution in [-0.4, -0.2) is 78.7 Å². The van der Waals surface area contributed by atoms with Gasteiger partial charge >= 0.3 is 0 Å². The topological polar surface area (TPSA) is 43.9 Å². The van der Waals surface area contributed by atoms with E-state index in [1.54, 1.807) is 0 Å². The predicted molar refractivity (Wildman–Crippen MR) is 92.3 cm³/mol. The summed E-state index contributed by atoms with van der Waals surface area (Å²) in [7, 11) is 0. The summed E-state index contributed by atoms with van der Waals surface area (Å²) in [5.41, 5.74) is 0. The van der Waals surface area contributed by atoms with Crippen molar-refractivity contribution in [3.8, 4) is 0 Å². The maximum Gasteiger partial charge on any atom is 0.225 e. The van der Waals surface area contributed by atoms with Crippen LogP contribution in [0.5, 0.6) is 0 Å². The molecule has 0 spiro atoms. The van der Waals surface area contributed by atoms with Crippen molar-refractivity contribution in [2.75, 3.05) is 52.4 Å². The summed E-state index contributed by atoms with van der Waals surface area (Å²) in [5, 5.41) is 0. The maximum atomic E-state index is 12.0. The van der Waals surface area contributed by atoms with E-state index < -0.39 is 0 Å². The van der Waals surface area contributed by atoms with E-state index in [1.165, 1.54) is 0 Å². The van der Waals surface area contributed by atoms with E-state index in [-0.39, 0.29) is 5.92 Å². The van der Waals surface area contributed by atoms with Crippen LogP contribution in [0.1, 0.15) is 40.0 Å². The highest BCUT2D eigenvalue weighted by atomic mass is 16.2. The van der Waals surface area contributed by atoms with E-state index in [4.69, 9.17) is 0 Å². The van der Waals surface area contributed by atoms with Gasteiger partial charge in [0.2, 0.25) is 5.91 Å². The number of Topliss-reactive ketones (excluding diaryl/α,β-unsaturated/α-hetero) is 1. The number of rotatable bonds is 6. The Morgan fingerprint density at radius 1 is 0.957 bits per heavy atom. The number of piperazine rings is 1. The zero-order valence-electron chi connectivity index (χ0n) is 15.1. The van der Waals surface area contributed by atoms with Gasteiger partial charge in [-0.05, 0) is 18.8 Å². The summed E-state index contributed by atoms with van der Waals surface area (Å²) < 4.78 is 0. The first kappa shape index (κ1) is 18.4. The first-order chi connectivity index (χ1) is 11.0. The number of carbonyl (C=O) groups excluding carboxylic acids is 2. The van der Waals surface area contributed by atoms with Crippen LogP contribution in [0.2, 0.25) is 0 Å². The van der Waals surface area contributed by atoms with E-state index in [0.717, 1.165) is 64.6 Å². The van der Waals surface area contributed by atoms with Crippen LogP contribution < -0.4 is 0 Å². The van der Waals surface area contributed by atoms with Crippen LogP contribution in [0.25, 0.3) is 0 Å². The zero-order valence-corrected chi connectivity index (χ0v) is 15.1. The molecule has 2 rings (SSSR count). The highest BCUT2D eigenvalue weighted by Gasteiger charge is 2.26. The lowest BCUT2D eigenvalue weighted by atomic mass is 9.95. The quantitative estimate of drug-likeness (QED) is 0.743. The summed E-state index contributed by atoms with van der Waals surface area (Å²) >= 11 is 0. The van der Waals surface area contributed by atoms with Crippen LogP contribution in [0, 0.1) is 11.8 Å². The van der Waals surface area contributed by atoms with Crippen LogP contribution >= 0.6 is 0 Å². The lowest BCUT2D eigenvalue weighted by Crippen LogP contribution is -2.50. The van der Waals surface area contributed by atoms with Crippen molar-refractivity contribution in [3.05, 3.63) is 0 Å². The number of likely N-dealkylation sites (tertiary alicyclic amines) is 1. The van der Waals surface area contributed by atoms with E-state index in [9.17, 15) is 9.59 Å². The van der Waals surface area contributed by atoms with Crippen LogP contribution in [0.4, 0.5) is 0 Å². The Hall–Kier alpha value is -0.940. The fourth-order valence-corrected chi connectivity index (χ4v) is 3.56. The molecule has 2 heterocycles. The Bertz CT molecular complexity index is 395. The van der Waals surface area contributed by atoms with Gasteiger partial charge in [0, 0.05) is 58.2 Å². The molecule has 0 saturated carbocycles. The third-order valence-electron chi connectivity index (χ3n) is 5.20. The van der Waals surface area contributed by atoms with Crippen molar-refractivity contribution in [1.82, 2.24) is 14.7 Å². The molecule has 23 heavy (non-hydrogen) atoms. The summed E-state index contributed by atoms with van der Waals surface area (Å²) in [6.07, 6.45) is 2.91. The normalized spacial score (nSPS) is 21.8. The molecular formula is C18H33N3O2. The Labute approximate surface area is 141 Å². The molecule has 0 aromatic carbocycles. The minimum absolute atomic E-state index is 0.116. The van der Waals surface area contributed by atoms with Gasteiger partial charge in [0.1, 0.15) is 5.78 Å². The Morgan fingerprint density at radius 2 is 1.52 bits per heavy atom. The second kappa shape index (κ2) is 8.78. The monoisotopic (exact) mass is 323 g/mol. The van der Waals surface area contributed by atoms with Gasteiger partial charge in [-0.1, -0.05) is 20.8 Å². The molecule has 0 aromatic heterocycles. The molecule has 0 aliphatic carbocycles. The minimum atomic E-state index is 0.116. The summed E-state index contributed by atoms with van der Waals surface area (Å²) in [6.45, 7) is 13.7. The lowest BCUT2D eigenvalue weighted by molar-refractivity contribution is -0.136. The molecule has 2 saturated heterocycles. The molecule has 2 aliphatic heterocycles. The van der Waals surface area contributed by atoms with Crippen LogP contribution in [-0.2, 0) is 9.59 Å². The Morgan fingerprint density at radius 3 is 2.04 bits per heavy atom. The van der Waals surface area contributed by atoms with E-state index in [1.807, 2.05) is 25.7 Å². The van der Waals surface area contributed by atoms with Crippen LogP contribution in [0.15, 0.2) is 0 Å². The number of hydrogen-bond acceptors (Lipinski definition) is 4. The van der Waals surface area contributed by atoms with Crippen molar-refractivity contribution >= 4 is 11.7 Å². The van der Waals surface area contributed by atoms with Crippen LogP contribution in [0.3, 0.4) is 0 Å². The Kier molecular flexibility index (Phi) is 7.03. The first-order valence-corrected chi connectivity index (χ1v) is 9.24. The van der Waals surface area contributed by atoms with Crippen molar-refractivity contribution < 1.29 is 9.59 Å². The van der Waals surface area contributed by atoms with E-state index in [2.05, 4.69) is 9.80 Å². The molecule has 0 radical (unpaired) electrons. The number of hydrogen-bond donors (Lipinski definition) is 0. The SMILES string of the molecule is CCC(=O)CN1CCN(CC2CCN(C(=O)C(C)C)CC2)CC1. The van der Waals surface area contributed by atoms with Crippen molar-refractivity contribution in [2.45, 2.75) is 40.0 Å². The number of piperidine rings is 1. The van der Waals surface area contributed by atoms with Gasteiger partial charge in [-0.15, -0.1) is 0 Å². The molecule has 2 aliphatic rings. The largest absolute Gasteiger partial charge is 0.342 e. The van der Waals surface area contributed by atoms with Crippen molar-refractivity contribution in [3.63, 3.8) is 0 Å². The van der Waals surface area contributed by atoms with E-state index >= 15 is 0 Å². The molecule has 0 aromatic rings. The lowest BCUT2D eigenvalue weighted by Gasteiger charge is -2.39. The second-order valence-electron chi connectivity index (χ2n) is 7.39. The van der Waals surface area contributed by atoms with Gasteiger partial charge in [0.15, 0.2) is 0 Å². The molecule has 2 fully saturated rings. The first-order valence-electron chi connectivity index (χ1n) is 9.24. The molecule has 1 amide bonds. The highest BCUT2D eigenvalue weighted by Crippen LogP contribution is 2.20. The van der Waals surface area contributed by atoms with Gasteiger partial charge in [-0.2, -0.15) is 0 Å². The van der Waals surface area contributed by atoms with Gasteiger partial charge < -0.3 is 9.80 Å². The molecular weight excluding hydrogens is 290 g/mol. The molecule has 0 N–H and O–H groups in total. The highest BCUT2D eigenvalue weighted by molar-refractivity contribution is 5.80. The van der Waals surface area contributed by atoms with Crippen molar-refractivity contribution in [1.29, 1.82) is 0 Å². The smallest absolute Gasteiger partial charge is 0.225 e. The number of ketones is 1. The number of nitrogens with zero attached hydrogens (tertiary/aromatic N) is 3. The zero-order chi connectivity index (χ0) is 16.8. The summed E-state index contributed by atoms with van der Waals surface area (Å²) in [6, 6.07) is 0. The molecule has 5 heteroatoms. The molecule has 132 valence electrons.